The fourth-order valence-corrected chi connectivity index (χ4v) is 4.99. The Morgan fingerprint density at radius 3 is 2.78 bits per heavy atom. The zero-order valence-corrected chi connectivity index (χ0v) is 18.5. The van der Waals surface area contributed by atoms with Crippen molar-refractivity contribution < 1.29 is 13.9 Å². The van der Waals surface area contributed by atoms with E-state index in [0.717, 1.165) is 35.4 Å². The average molecular weight is 451 g/mol. The van der Waals surface area contributed by atoms with Crippen LogP contribution in [0.3, 0.4) is 0 Å². The van der Waals surface area contributed by atoms with Crippen LogP contribution >= 0.6 is 11.8 Å². The number of allylic oxidation sites excluding steroid dienone is 2. The lowest BCUT2D eigenvalue weighted by Gasteiger charge is -2.32. The summed E-state index contributed by atoms with van der Waals surface area (Å²) < 4.78 is 21.4. The maximum Gasteiger partial charge on any atom is 0.227 e. The number of fused-ring (bicyclic) bond motifs is 1. The number of carbonyl (C=O) groups excluding carboxylic acids is 1. The molecular weight excluding hydrogens is 427 g/mol. The third kappa shape index (κ3) is 3.90. The zero-order valence-electron chi connectivity index (χ0n) is 17.7. The standard InChI is InChI=1S/C24H23FN4O2S/c1-2-31-17-12-10-15(11-13-17)22-21-19(8-5-9-20(21)30)26-23-27-24(28-29(22)23)32-14-16-6-3-4-7-18(16)25/h3-4,6-7,10-13,22H,2,5,8-9,14H2,1H3,(H,26,27,28)/t22-/m1/s1. The quantitative estimate of drug-likeness (QED) is 0.525. The summed E-state index contributed by atoms with van der Waals surface area (Å²) in [4.78, 5) is 17.6. The number of ketones is 1. The van der Waals surface area contributed by atoms with Gasteiger partial charge < -0.3 is 10.1 Å². The highest BCUT2D eigenvalue weighted by atomic mass is 32.2. The van der Waals surface area contributed by atoms with E-state index < -0.39 is 0 Å². The molecule has 164 valence electrons. The Kier molecular flexibility index (Phi) is 5.70. The highest BCUT2D eigenvalue weighted by Gasteiger charge is 2.36. The summed E-state index contributed by atoms with van der Waals surface area (Å²) in [6, 6.07) is 14.1. The Balaban J connectivity index is 1.49. The van der Waals surface area contributed by atoms with Gasteiger partial charge >= 0.3 is 0 Å². The SMILES string of the molecule is CCOc1ccc([C@@H]2C3=C(CCCC3=O)Nc3nc(SCc4ccccc4F)nn32)cc1. The monoisotopic (exact) mass is 450 g/mol. The summed E-state index contributed by atoms with van der Waals surface area (Å²) in [7, 11) is 0. The molecule has 6 nitrogen and oxygen atoms in total. The lowest BCUT2D eigenvalue weighted by Crippen LogP contribution is -2.31. The molecule has 0 saturated heterocycles. The molecule has 2 heterocycles. The number of benzene rings is 2. The highest BCUT2D eigenvalue weighted by molar-refractivity contribution is 7.98. The van der Waals surface area contributed by atoms with Crippen LogP contribution in [0.25, 0.3) is 0 Å². The van der Waals surface area contributed by atoms with Crippen molar-refractivity contribution in [3.05, 3.63) is 76.7 Å². The molecule has 1 atom stereocenters. The van der Waals surface area contributed by atoms with Gasteiger partial charge in [0.2, 0.25) is 11.1 Å². The second-order valence-corrected chi connectivity index (χ2v) is 8.68. The first-order valence-corrected chi connectivity index (χ1v) is 11.7. The summed E-state index contributed by atoms with van der Waals surface area (Å²) >= 11 is 1.38. The van der Waals surface area contributed by atoms with E-state index >= 15 is 0 Å². The van der Waals surface area contributed by atoms with Gasteiger partial charge in [-0.3, -0.25) is 4.79 Å². The lowest BCUT2D eigenvalue weighted by atomic mass is 9.85. The van der Waals surface area contributed by atoms with Gasteiger partial charge in [0.1, 0.15) is 17.6 Å². The van der Waals surface area contributed by atoms with Gasteiger partial charge in [-0.2, -0.15) is 4.98 Å². The first-order valence-electron chi connectivity index (χ1n) is 10.7. The summed E-state index contributed by atoms with van der Waals surface area (Å²) in [6.07, 6.45) is 2.16. The minimum atomic E-state index is -0.347. The Morgan fingerprint density at radius 1 is 1.19 bits per heavy atom. The van der Waals surface area contributed by atoms with Crippen molar-refractivity contribution in [1.29, 1.82) is 0 Å². The van der Waals surface area contributed by atoms with Crippen LogP contribution in [0.4, 0.5) is 10.3 Å². The number of ether oxygens (including phenoxy) is 1. The fraction of sp³-hybridized carbons (Fsp3) is 0.292. The summed E-state index contributed by atoms with van der Waals surface area (Å²) in [5.74, 6) is 1.72. The minimum absolute atomic E-state index is 0.138. The molecule has 1 aromatic heterocycles. The van der Waals surface area contributed by atoms with E-state index in [4.69, 9.17) is 9.84 Å². The third-order valence-electron chi connectivity index (χ3n) is 5.67. The Labute approximate surface area is 189 Å². The summed E-state index contributed by atoms with van der Waals surface area (Å²) in [5.41, 5.74) is 3.23. The summed E-state index contributed by atoms with van der Waals surface area (Å²) in [5, 5.41) is 8.57. The van der Waals surface area contributed by atoms with E-state index in [1.165, 1.54) is 17.8 Å². The highest BCUT2D eigenvalue weighted by Crippen LogP contribution is 2.41. The topological polar surface area (TPSA) is 69.0 Å². The molecule has 32 heavy (non-hydrogen) atoms. The number of hydrogen-bond acceptors (Lipinski definition) is 6. The lowest BCUT2D eigenvalue weighted by molar-refractivity contribution is -0.116. The molecule has 2 aromatic carbocycles. The number of nitrogens with zero attached hydrogens (tertiary/aromatic N) is 3. The number of rotatable bonds is 6. The molecule has 0 spiro atoms. The van der Waals surface area contributed by atoms with E-state index in [0.29, 0.717) is 35.4 Å². The van der Waals surface area contributed by atoms with Crippen LogP contribution < -0.4 is 10.1 Å². The Hall–Kier alpha value is -3.13. The normalized spacial score (nSPS) is 17.6. The van der Waals surface area contributed by atoms with Gasteiger partial charge in [-0.1, -0.05) is 42.1 Å². The number of halogens is 1. The molecule has 0 bridgehead atoms. The van der Waals surface area contributed by atoms with Crippen molar-refractivity contribution in [2.75, 3.05) is 11.9 Å². The summed E-state index contributed by atoms with van der Waals surface area (Å²) in [6.45, 7) is 2.54. The average Bonchev–Trinajstić information content (AvgIpc) is 3.21. The molecule has 0 saturated carbocycles. The third-order valence-corrected chi connectivity index (χ3v) is 6.56. The first kappa shape index (κ1) is 20.8. The van der Waals surface area contributed by atoms with Gasteiger partial charge in [-0.15, -0.1) is 5.10 Å². The molecule has 1 aliphatic carbocycles. The van der Waals surface area contributed by atoms with Gasteiger partial charge in [-0.05, 0) is 49.1 Å². The van der Waals surface area contributed by atoms with Crippen LogP contribution in [0, 0.1) is 5.82 Å². The van der Waals surface area contributed by atoms with Gasteiger partial charge in [0.05, 0.1) is 6.61 Å². The minimum Gasteiger partial charge on any atom is -0.494 e. The Morgan fingerprint density at radius 2 is 2.00 bits per heavy atom. The van der Waals surface area contributed by atoms with Crippen molar-refractivity contribution >= 4 is 23.5 Å². The molecule has 5 rings (SSSR count). The maximum absolute atomic E-state index is 14.0. The zero-order chi connectivity index (χ0) is 22.1. The van der Waals surface area contributed by atoms with Gasteiger partial charge in [0, 0.05) is 23.4 Å². The molecule has 1 aliphatic heterocycles. The molecular formula is C24H23FN4O2S. The number of thioether (sulfide) groups is 1. The number of Topliss-reactive ketones (excluding diaryl/α,β-unsaturated/α-hetero) is 1. The first-order chi connectivity index (χ1) is 15.6. The predicted molar refractivity (Wildman–Crippen MR) is 121 cm³/mol. The van der Waals surface area contributed by atoms with Gasteiger partial charge in [0.15, 0.2) is 5.78 Å². The molecule has 1 N–H and O–H groups in total. The second-order valence-electron chi connectivity index (χ2n) is 7.74. The van der Waals surface area contributed by atoms with E-state index in [2.05, 4.69) is 10.3 Å². The smallest absolute Gasteiger partial charge is 0.227 e. The van der Waals surface area contributed by atoms with Crippen molar-refractivity contribution in [3.63, 3.8) is 0 Å². The van der Waals surface area contributed by atoms with Gasteiger partial charge in [-0.25, -0.2) is 9.07 Å². The van der Waals surface area contributed by atoms with E-state index in [1.54, 1.807) is 16.8 Å². The number of anilines is 1. The number of carbonyl (C=O) groups is 1. The van der Waals surface area contributed by atoms with Crippen molar-refractivity contribution in [3.8, 4) is 5.75 Å². The van der Waals surface area contributed by atoms with Crippen LogP contribution in [-0.4, -0.2) is 27.2 Å². The molecule has 2 aliphatic rings. The van der Waals surface area contributed by atoms with E-state index in [-0.39, 0.29) is 17.6 Å². The van der Waals surface area contributed by atoms with Crippen LogP contribution in [0.2, 0.25) is 0 Å². The maximum atomic E-state index is 14.0. The molecule has 0 radical (unpaired) electrons. The van der Waals surface area contributed by atoms with Crippen molar-refractivity contribution in [1.82, 2.24) is 14.8 Å². The Bertz CT molecular complexity index is 1190. The molecule has 0 fully saturated rings. The van der Waals surface area contributed by atoms with Crippen LogP contribution in [0.1, 0.15) is 43.4 Å². The predicted octanol–water partition coefficient (Wildman–Crippen LogP) is 5.13. The van der Waals surface area contributed by atoms with E-state index in [1.807, 2.05) is 37.3 Å². The van der Waals surface area contributed by atoms with Gasteiger partial charge in [0.25, 0.3) is 0 Å². The fourth-order valence-electron chi connectivity index (χ4n) is 4.18. The van der Waals surface area contributed by atoms with Crippen molar-refractivity contribution in [2.24, 2.45) is 0 Å². The van der Waals surface area contributed by atoms with Crippen molar-refractivity contribution in [2.45, 2.75) is 43.1 Å². The molecule has 8 heteroatoms. The van der Waals surface area contributed by atoms with E-state index in [9.17, 15) is 9.18 Å². The number of aromatic nitrogens is 3. The molecule has 3 aromatic rings. The molecule has 0 unspecified atom stereocenters. The second kappa shape index (κ2) is 8.78. The number of nitrogens with one attached hydrogen (secondary N) is 1. The largest absolute Gasteiger partial charge is 0.494 e. The molecule has 0 amide bonds. The van der Waals surface area contributed by atoms with Crippen LogP contribution in [-0.2, 0) is 10.5 Å². The van der Waals surface area contributed by atoms with Crippen LogP contribution in [0.15, 0.2) is 65.0 Å². The van der Waals surface area contributed by atoms with Crippen LogP contribution in [0.5, 0.6) is 5.75 Å². The number of hydrogen-bond donors (Lipinski definition) is 1.